The number of anilines is 1. The van der Waals surface area contributed by atoms with Crippen molar-refractivity contribution in [3.05, 3.63) is 112 Å². The summed E-state index contributed by atoms with van der Waals surface area (Å²) in [6.07, 6.45) is 9.06. The quantitative estimate of drug-likeness (QED) is 0.156. The number of nitrogens with one attached hydrogen (secondary N) is 1. The maximum Gasteiger partial charge on any atom is 0.204 e. The third-order valence-electron chi connectivity index (χ3n) is 8.23. The summed E-state index contributed by atoms with van der Waals surface area (Å²) in [5.74, 6) is 12.9. The monoisotopic (exact) mass is 722 g/mol. The van der Waals surface area contributed by atoms with Crippen molar-refractivity contribution in [3.63, 3.8) is 0 Å². The van der Waals surface area contributed by atoms with E-state index in [9.17, 15) is 17.6 Å². The Bertz CT molecular complexity index is 1740. The summed E-state index contributed by atoms with van der Waals surface area (Å²) in [5, 5.41) is 3.36. The molecule has 2 aliphatic carbocycles. The van der Waals surface area contributed by atoms with E-state index in [0.717, 1.165) is 44.1 Å². The van der Waals surface area contributed by atoms with E-state index in [1.807, 2.05) is 27.5 Å². The molecule has 4 atom stereocenters. The molecule has 0 amide bonds. The number of hydrogen-bond acceptors (Lipinski definition) is 6. The second-order valence-corrected chi connectivity index (χ2v) is 12.7. The summed E-state index contributed by atoms with van der Waals surface area (Å²) in [6, 6.07) is 10.6. The van der Waals surface area contributed by atoms with Gasteiger partial charge in [-0.25, -0.2) is 37.5 Å². The summed E-state index contributed by atoms with van der Waals surface area (Å²) in [4.78, 5) is 18.4. The SMILES string of the molecule is C(#CC12CNCC1C2)c1ncccn1.Fc1cc(F)cc(I)c1.Fc1cc(F)cc(N2CC3CC3(C#Cc3ncccn3)C2)c1. The average molecular weight is 723 g/mol. The van der Waals surface area contributed by atoms with Crippen LogP contribution in [0.3, 0.4) is 0 Å². The number of rotatable bonds is 1. The number of halogens is 5. The number of hydrogen-bond donors (Lipinski definition) is 1. The highest BCUT2D eigenvalue weighted by molar-refractivity contribution is 14.1. The normalized spacial score (nSPS) is 24.6. The van der Waals surface area contributed by atoms with E-state index in [1.54, 1.807) is 36.9 Å². The van der Waals surface area contributed by atoms with Gasteiger partial charge in [-0.2, -0.15) is 0 Å². The molecule has 0 spiro atoms. The lowest BCUT2D eigenvalue weighted by atomic mass is 10.1. The Morgan fingerprint density at radius 1 is 0.711 bits per heavy atom. The first-order chi connectivity index (χ1) is 21.7. The summed E-state index contributed by atoms with van der Waals surface area (Å²) in [6.45, 7) is 3.65. The van der Waals surface area contributed by atoms with Crippen LogP contribution < -0.4 is 10.2 Å². The van der Waals surface area contributed by atoms with E-state index in [-0.39, 0.29) is 10.8 Å². The average Bonchev–Trinajstić information content (AvgIpc) is 3.79. The lowest BCUT2D eigenvalue weighted by molar-refractivity contribution is 0.581. The van der Waals surface area contributed by atoms with Crippen LogP contribution in [0.2, 0.25) is 0 Å². The van der Waals surface area contributed by atoms with E-state index in [2.05, 4.69) is 48.9 Å². The highest BCUT2D eigenvalue weighted by Gasteiger charge is 2.59. The van der Waals surface area contributed by atoms with E-state index >= 15 is 0 Å². The molecular formula is C34H27F4IN6. The summed E-state index contributed by atoms with van der Waals surface area (Å²) in [5.41, 5.74) is 0.767. The van der Waals surface area contributed by atoms with E-state index in [4.69, 9.17) is 0 Å². The second kappa shape index (κ2) is 13.1. The van der Waals surface area contributed by atoms with Crippen molar-refractivity contribution in [1.29, 1.82) is 0 Å². The fourth-order valence-electron chi connectivity index (χ4n) is 5.74. The van der Waals surface area contributed by atoms with Crippen molar-refractivity contribution in [2.45, 2.75) is 12.8 Å². The highest BCUT2D eigenvalue weighted by Crippen LogP contribution is 2.58. The Hall–Kier alpha value is -4.07. The van der Waals surface area contributed by atoms with Crippen LogP contribution in [-0.2, 0) is 0 Å². The zero-order valence-corrected chi connectivity index (χ0v) is 26.1. The molecule has 4 unspecified atom stereocenters. The molecule has 11 heteroatoms. The minimum Gasteiger partial charge on any atom is -0.369 e. The van der Waals surface area contributed by atoms with Gasteiger partial charge in [0.2, 0.25) is 11.6 Å². The maximum absolute atomic E-state index is 13.3. The van der Waals surface area contributed by atoms with Gasteiger partial charge in [0.1, 0.15) is 23.3 Å². The molecule has 2 saturated heterocycles. The fraction of sp³-hybridized carbons (Fsp3) is 0.294. The van der Waals surface area contributed by atoms with Gasteiger partial charge in [-0.3, -0.25) is 0 Å². The Balaban J connectivity index is 0.000000132. The molecule has 0 radical (unpaired) electrons. The van der Waals surface area contributed by atoms with Crippen LogP contribution in [0.5, 0.6) is 0 Å². The second-order valence-electron chi connectivity index (χ2n) is 11.5. The summed E-state index contributed by atoms with van der Waals surface area (Å²) in [7, 11) is 0. The van der Waals surface area contributed by atoms with Crippen molar-refractivity contribution in [2.24, 2.45) is 22.7 Å². The topological polar surface area (TPSA) is 66.8 Å². The van der Waals surface area contributed by atoms with Crippen LogP contribution in [0.4, 0.5) is 23.2 Å². The zero-order valence-electron chi connectivity index (χ0n) is 24.0. The molecule has 2 saturated carbocycles. The molecule has 1 N–H and O–H groups in total. The van der Waals surface area contributed by atoms with Gasteiger partial charge in [0, 0.05) is 71.2 Å². The van der Waals surface area contributed by atoms with Crippen LogP contribution in [-0.4, -0.2) is 46.1 Å². The molecule has 2 aromatic heterocycles. The van der Waals surface area contributed by atoms with Crippen LogP contribution in [0.1, 0.15) is 24.5 Å². The molecule has 45 heavy (non-hydrogen) atoms. The molecule has 6 nitrogen and oxygen atoms in total. The third-order valence-corrected chi connectivity index (χ3v) is 8.85. The standard InChI is InChI=1S/C17H13F2N3.C11H11N3.C6H3F2I/c18-13-6-14(19)8-15(7-13)22-10-12-9-17(12,11-22)3-2-16-20-4-1-5-21-16;1-4-13-10(14-5-1)2-3-11-6-9(11)7-12-8-11;7-4-1-5(8)3-6(9)2-4/h1,4-8,12H,9-11H2;1,4-5,9,12H,6-8H2;1-3H. The predicted molar refractivity (Wildman–Crippen MR) is 169 cm³/mol. The molecule has 4 heterocycles. The van der Waals surface area contributed by atoms with Gasteiger partial charge in [-0.05, 0) is 102 Å². The highest BCUT2D eigenvalue weighted by atomic mass is 127. The van der Waals surface area contributed by atoms with E-state index in [0.29, 0.717) is 33.4 Å². The van der Waals surface area contributed by atoms with Gasteiger partial charge in [0.15, 0.2) is 0 Å². The van der Waals surface area contributed by atoms with Crippen LogP contribution >= 0.6 is 22.6 Å². The number of nitrogens with zero attached hydrogens (tertiary/aromatic N) is 5. The predicted octanol–water partition coefficient (Wildman–Crippen LogP) is 5.64. The Morgan fingerprint density at radius 3 is 1.71 bits per heavy atom. The van der Waals surface area contributed by atoms with Gasteiger partial charge in [0.05, 0.1) is 5.41 Å². The van der Waals surface area contributed by atoms with Crippen molar-refractivity contribution >= 4 is 28.3 Å². The summed E-state index contributed by atoms with van der Waals surface area (Å²) >= 11 is 1.85. The molecule has 228 valence electrons. The first-order valence-electron chi connectivity index (χ1n) is 14.4. The lowest BCUT2D eigenvalue weighted by Gasteiger charge is -2.21. The van der Waals surface area contributed by atoms with Gasteiger partial charge in [0.25, 0.3) is 0 Å². The molecule has 4 aliphatic rings. The van der Waals surface area contributed by atoms with Crippen molar-refractivity contribution in [3.8, 4) is 23.7 Å². The molecule has 0 bridgehead atoms. The lowest BCUT2D eigenvalue weighted by Crippen LogP contribution is -2.24. The Kier molecular flexibility index (Phi) is 9.02. The smallest absolute Gasteiger partial charge is 0.204 e. The van der Waals surface area contributed by atoms with Gasteiger partial charge >= 0.3 is 0 Å². The zero-order chi connectivity index (χ0) is 31.4. The number of benzene rings is 2. The number of piperidine rings is 2. The van der Waals surface area contributed by atoms with Crippen LogP contribution in [0.25, 0.3) is 0 Å². The first-order valence-corrected chi connectivity index (χ1v) is 15.4. The van der Waals surface area contributed by atoms with Crippen molar-refractivity contribution in [2.75, 3.05) is 31.1 Å². The number of fused-ring (bicyclic) bond motifs is 2. The van der Waals surface area contributed by atoms with Crippen LogP contribution in [0, 0.1) is 73.2 Å². The summed E-state index contributed by atoms with van der Waals surface area (Å²) < 4.78 is 51.6. The number of aromatic nitrogens is 4. The first kappa shape index (κ1) is 30.9. The Labute approximate surface area is 272 Å². The van der Waals surface area contributed by atoms with Crippen LogP contribution in [0.15, 0.2) is 73.3 Å². The molecule has 2 aromatic carbocycles. The van der Waals surface area contributed by atoms with E-state index in [1.165, 1.54) is 30.7 Å². The van der Waals surface area contributed by atoms with Gasteiger partial charge in [-0.15, -0.1) is 0 Å². The molecule has 2 aliphatic heterocycles. The minimum atomic E-state index is -0.548. The minimum absolute atomic E-state index is 0.0814. The molecule has 4 aromatic rings. The Morgan fingerprint density at radius 2 is 1.22 bits per heavy atom. The fourth-order valence-corrected chi connectivity index (χ4v) is 6.33. The van der Waals surface area contributed by atoms with Gasteiger partial charge in [-0.1, -0.05) is 11.8 Å². The molecule has 8 rings (SSSR count). The third kappa shape index (κ3) is 7.78. The van der Waals surface area contributed by atoms with Crippen molar-refractivity contribution < 1.29 is 17.6 Å². The van der Waals surface area contributed by atoms with Gasteiger partial charge < -0.3 is 10.2 Å². The van der Waals surface area contributed by atoms with E-state index < -0.39 is 23.3 Å². The van der Waals surface area contributed by atoms with Crippen molar-refractivity contribution in [1.82, 2.24) is 25.3 Å². The largest absolute Gasteiger partial charge is 0.369 e. The maximum atomic E-state index is 13.3. The molecule has 4 fully saturated rings. The molecular weight excluding hydrogens is 695 g/mol.